The third-order valence-corrected chi connectivity index (χ3v) is 4.65. The fraction of sp³-hybridized carbons (Fsp3) is 0.478. The molecule has 0 spiro atoms. The molecule has 0 aliphatic carbocycles. The van der Waals surface area contributed by atoms with Crippen LogP contribution in [0.3, 0.4) is 0 Å². The van der Waals surface area contributed by atoms with Crippen molar-refractivity contribution in [1.29, 1.82) is 0 Å². The predicted octanol–water partition coefficient (Wildman–Crippen LogP) is 4.88. The maximum absolute atomic E-state index is 12.1. The van der Waals surface area contributed by atoms with Gasteiger partial charge in [-0.05, 0) is 48.5 Å². The first-order valence-corrected chi connectivity index (χ1v) is 9.89. The Bertz CT molecular complexity index is 848. The van der Waals surface area contributed by atoms with Gasteiger partial charge in [0.2, 0.25) is 0 Å². The van der Waals surface area contributed by atoms with E-state index in [-0.39, 0.29) is 47.7 Å². The minimum absolute atomic E-state index is 0. The molecule has 2 aromatic rings. The number of halogens is 1. The van der Waals surface area contributed by atoms with Gasteiger partial charge in [0.1, 0.15) is 0 Å². The molecule has 0 amide bonds. The first-order chi connectivity index (χ1) is 13.2. The monoisotopic (exact) mass is 421 g/mol. The lowest BCUT2D eigenvalue weighted by Gasteiger charge is -2.15. The Morgan fingerprint density at radius 2 is 1.41 bits per heavy atom. The van der Waals surface area contributed by atoms with Crippen LogP contribution in [0.5, 0.6) is 11.5 Å². The third kappa shape index (κ3) is 7.02. The number of hydrogen-bond acceptors (Lipinski definition) is 5. The van der Waals surface area contributed by atoms with E-state index in [4.69, 9.17) is 9.47 Å². The second kappa shape index (κ2) is 11.2. The first kappa shape index (κ1) is 24.9. The number of carbonyl (C=O) groups is 2. The summed E-state index contributed by atoms with van der Waals surface area (Å²) in [5, 5.41) is 1.89. The van der Waals surface area contributed by atoms with Gasteiger partial charge in [-0.25, -0.2) is 0 Å². The molecule has 5 nitrogen and oxygen atoms in total. The summed E-state index contributed by atoms with van der Waals surface area (Å²) in [6, 6.07) is 9.74. The zero-order chi connectivity index (χ0) is 20.8. The number of likely N-dealkylation sites (N-methyl/N-ethyl adjacent to an activating group) is 1. The highest BCUT2D eigenvalue weighted by Crippen LogP contribution is 2.34. The van der Waals surface area contributed by atoms with Crippen LogP contribution >= 0.6 is 12.4 Å². The van der Waals surface area contributed by atoms with Crippen LogP contribution in [0.25, 0.3) is 10.8 Å². The average Bonchev–Trinajstić information content (AvgIpc) is 2.65. The molecular weight excluding hydrogens is 390 g/mol. The zero-order valence-corrected chi connectivity index (χ0v) is 19.0. The van der Waals surface area contributed by atoms with E-state index in [1.807, 2.05) is 6.07 Å². The van der Waals surface area contributed by atoms with Crippen LogP contribution in [0, 0.1) is 11.8 Å². The summed E-state index contributed by atoms with van der Waals surface area (Å²) >= 11 is 0. The fourth-order valence-electron chi connectivity index (χ4n) is 2.55. The van der Waals surface area contributed by atoms with E-state index in [0.717, 1.165) is 30.3 Å². The highest BCUT2D eigenvalue weighted by molar-refractivity contribution is 5.89. The van der Waals surface area contributed by atoms with Gasteiger partial charge in [0.15, 0.2) is 11.5 Å². The van der Waals surface area contributed by atoms with Crippen LogP contribution in [-0.2, 0) is 16.0 Å². The summed E-state index contributed by atoms with van der Waals surface area (Å²) in [7, 11) is 2.10. The number of hydrogen-bond donors (Lipinski definition) is 0. The Morgan fingerprint density at radius 1 is 0.897 bits per heavy atom. The molecule has 2 aromatic carbocycles. The van der Waals surface area contributed by atoms with Crippen LogP contribution in [0.15, 0.2) is 30.3 Å². The Hall–Kier alpha value is -2.11. The number of rotatable bonds is 8. The van der Waals surface area contributed by atoms with E-state index in [9.17, 15) is 9.59 Å². The van der Waals surface area contributed by atoms with Gasteiger partial charge < -0.3 is 14.4 Å². The number of carbonyl (C=O) groups excluding carboxylic acids is 2. The molecule has 0 radical (unpaired) electrons. The van der Waals surface area contributed by atoms with E-state index < -0.39 is 0 Å². The molecule has 2 rings (SSSR count). The fourth-order valence-corrected chi connectivity index (χ4v) is 2.55. The summed E-state index contributed by atoms with van der Waals surface area (Å²) in [5.74, 6) is -0.716. The molecule has 0 atom stereocenters. The SMILES string of the molecule is CCN(C)CCc1ccc2cc(OC(=O)C(C)C)c(OC(=O)C(C)C)cc2c1.Cl. The minimum atomic E-state index is -0.361. The van der Waals surface area contributed by atoms with Gasteiger partial charge in [-0.3, -0.25) is 9.59 Å². The lowest BCUT2D eigenvalue weighted by molar-refractivity contribution is -0.140. The van der Waals surface area contributed by atoms with Gasteiger partial charge in [-0.1, -0.05) is 52.8 Å². The van der Waals surface area contributed by atoms with Crippen molar-refractivity contribution in [3.05, 3.63) is 35.9 Å². The molecule has 0 fully saturated rings. The molecule has 0 aromatic heterocycles. The van der Waals surface area contributed by atoms with Crippen molar-refractivity contribution in [3.8, 4) is 11.5 Å². The lowest BCUT2D eigenvalue weighted by Crippen LogP contribution is -2.20. The van der Waals surface area contributed by atoms with Gasteiger partial charge in [0, 0.05) is 6.54 Å². The summed E-state index contributed by atoms with van der Waals surface area (Å²) in [4.78, 5) is 26.5. The number of esters is 2. The number of ether oxygens (including phenoxy) is 2. The molecule has 160 valence electrons. The average molecular weight is 422 g/mol. The first-order valence-electron chi connectivity index (χ1n) is 9.89. The second-order valence-corrected chi connectivity index (χ2v) is 7.78. The van der Waals surface area contributed by atoms with Gasteiger partial charge >= 0.3 is 11.9 Å². The van der Waals surface area contributed by atoms with Crippen LogP contribution in [0.1, 0.15) is 40.2 Å². The smallest absolute Gasteiger partial charge is 0.313 e. The zero-order valence-electron chi connectivity index (χ0n) is 18.2. The van der Waals surface area contributed by atoms with Gasteiger partial charge in [0.25, 0.3) is 0 Å². The maximum Gasteiger partial charge on any atom is 0.313 e. The number of nitrogens with zero attached hydrogens (tertiary/aromatic N) is 1. The minimum Gasteiger partial charge on any atom is -0.422 e. The normalized spacial score (nSPS) is 11.1. The highest BCUT2D eigenvalue weighted by atomic mass is 35.5. The molecule has 0 saturated carbocycles. The Kier molecular flexibility index (Phi) is 9.60. The van der Waals surface area contributed by atoms with Crippen molar-refractivity contribution in [3.63, 3.8) is 0 Å². The van der Waals surface area contributed by atoms with Gasteiger partial charge in [-0.2, -0.15) is 0 Å². The highest BCUT2D eigenvalue weighted by Gasteiger charge is 2.18. The second-order valence-electron chi connectivity index (χ2n) is 7.78. The van der Waals surface area contributed by atoms with Gasteiger partial charge in [-0.15, -0.1) is 12.4 Å². The molecule has 0 N–H and O–H groups in total. The van der Waals surface area contributed by atoms with Crippen LogP contribution < -0.4 is 9.47 Å². The van der Waals surface area contributed by atoms with Crippen molar-refractivity contribution < 1.29 is 19.1 Å². The molecule has 0 heterocycles. The predicted molar refractivity (Wildman–Crippen MR) is 119 cm³/mol. The molecule has 0 aliphatic rings. The maximum atomic E-state index is 12.1. The van der Waals surface area contributed by atoms with E-state index in [1.165, 1.54) is 5.56 Å². The van der Waals surface area contributed by atoms with Crippen molar-refractivity contribution in [2.24, 2.45) is 11.8 Å². The third-order valence-electron chi connectivity index (χ3n) is 4.65. The molecule has 0 bridgehead atoms. The van der Waals surface area contributed by atoms with Crippen LogP contribution in [0.4, 0.5) is 0 Å². The molecule has 29 heavy (non-hydrogen) atoms. The summed E-state index contributed by atoms with van der Waals surface area (Å²) in [5.41, 5.74) is 1.21. The van der Waals surface area contributed by atoms with Gasteiger partial charge in [0.05, 0.1) is 11.8 Å². The summed E-state index contributed by atoms with van der Waals surface area (Å²) in [6.07, 6.45) is 0.936. The molecule has 0 unspecified atom stereocenters. The number of benzene rings is 2. The van der Waals surface area contributed by atoms with E-state index >= 15 is 0 Å². The van der Waals surface area contributed by atoms with Crippen molar-refractivity contribution in [2.75, 3.05) is 20.1 Å². The quantitative estimate of drug-likeness (QED) is 0.449. The topological polar surface area (TPSA) is 55.8 Å². The van der Waals surface area contributed by atoms with E-state index in [1.54, 1.807) is 39.8 Å². The Morgan fingerprint density at radius 3 is 1.90 bits per heavy atom. The largest absolute Gasteiger partial charge is 0.422 e. The molecular formula is C23H32ClNO4. The lowest BCUT2D eigenvalue weighted by atomic mass is 10.0. The summed E-state index contributed by atoms with van der Waals surface area (Å²) in [6.45, 7) is 11.2. The van der Waals surface area contributed by atoms with Crippen LogP contribution in [-0.4, -0.2) is 37.0 Å². The standard InChI is InChI=1S/C23H31NO4.ClH/c1-7-24(6)11-10-17-8-9-18-13-20(27-22(25)15(2)3)21(14-19(18)12-17)28-23(26)16(4)5;/h8-9,12-16H,7,10-11H2,1-6H3;1H. The van der Waals surface area contributed by atoms with E-state index in [2.05, 4.69) is 31.0 Å². The Labute approximate surface area is 179 Å². The van der Waals surface area contributed by atoms with Crippen molar-refractivity contribution >= 4 is 35.1 Å². The Balaban J connectivity index is 0.00000420. The van der Waals surface area contributed by atoms with Crippen LogP contribution in [0.2, 0.25) is 0 Å². The molecule has 0 saturated heterocycles. The van der Waals surface area contributed by atoms with Crippen molar-refractivity contribution in [1.82, 2.24) is 4.90 Å². The van der Waals surface area contributed by atoms with E-state index in [0.29, 0.717) is 0 Å². The number of fused-ring (bicyclic) bond motifs is 1. The van der Waals surface area contributed by atoms with Crippen molar-refractivity contribution in [2.45, 2.75) is 41.0 Å². The summed E-state index contributed by atoms with van der Waals surface area (Å²) < 4.78 is 11.0. The molecule has 6 heteroatoms. The molecule has 0 aliphatic heterocycles.